The number of pyridine rings is 1. The molecular weight excluding hydrogens is 217 g/mol. The number of nitrogens with zero attached hydrogens (tertiary/aromatic N) is 1. The van der Waals surface area contributed by atoms with Gasteiger partial charge in [0.1, 0.15) is 0 Å². The Morgan fingerprint density at radius 1 is 1.07 bits per heavy atom. The fraction of sp³-hybridized carbons (Fsp3) is 0. The fourth-order valence-electron chi connectivity index (χ4n) is 1.25. The third-order valence-electron chi connectivity index (χ3n) is 1.90. The van der Waals surface area contributed by atoms with Crippen LogP contribution in [0.2, 0.25) is 10.0 Å². The van der Waals surface area contributed by atoms with Crippen LogP contribution in [0.4, 0.5) is 0 Å². The van der Waals surface area contributed by atoms with Crippen LogP contribution in [0.1, 0.15) is 0 Å². The second-order valence-electron chi connectivity index (χ2n) is 2.87. The first-order valence-electron chi connectivity index (χ1n) is 4.13. The summed E-state index contributed by atoms with van der Waals surface area (Å²) < 4.78 is 0. The topological polar surface area (TPSA) is 12.9 Å². The van der Waals surface area contributed by atoms with E-state index in [9.17, 15) is 0 Å². The first-order chi connectivity index (χ1) is 6.77. The molecule has 70 valence electrons. The number of halogens is 2. The van der Waals surface area contributed by atoms with Crippen molar-refractivity contribution in [3.63, 3.8) is 0 Å². The molecule has 0 bridgehead atoms. The highest BCUT2D eigenvalue weighted by molar-refractivity contribution is 6.33. The van der Waals surface area contributed by atoms with Crippen molar-refractivity contribution in [1.82, 2.24) is 4.98 Å². The van der Waals surface area contributed by atoms with E-state index in [0.717, 1.165) is 11.1 Å². The highest BCUT2D eigenvalue weighted by atomic mass is 35.5. The molecule has 1 aromatic heterocycles. The quantitative estimate of drug-likeness (QED) is 0.711. The molecule has 0 amide bonds. The molecule has 0 aliphatic carbocycles. The van der Waals surface area contributed by atoms with Crippen LogP contribution in [0.3, 0.4) is 0 Å². The SMILES string of the molecule is Clc1cccc(-c2cnccc2Cl)c1. The third-order valence-corrected chi connectivity index (χ3v) is 2.47. The lowest BCUT2D eigenvalue weighted by molar-refractivity contribution is 1.33. The molecule has 0 atom stereocenters. The fourth-order valence-corrected chi connectivity index (χ4v) is 1.65. The summed E-state index contributed by atoms with van der Waals surface area (Å²) in [7, 11) is 0. The Hall–Kier alpha value is -1.05. The number of hydrogen-bond acceptors (Lipinski definition) is 1. The summed E-state index contributed by atoms with van der Waals surface area (Å²) in [6.07, 6.45) is 3.39. The van der Waals surface area contributed by atoms with Gasteiger partial charge in [-0.25, -0.2) is 0 Å². The minimum Gasteiger partial charge on any atom is -0.264 e. The van der Waals surface area contributed by atoms with Gasteiger partial charge >= 0.3 is 0 Å². The minimum atomic E-state index is 0.683. The summed E-state index contributed by atoms with van der Waals surface area (Å²) in [4.78, 5) is 4.02. The maximum atomic E-state index is 6.03. The second kappa shape index (κ2) is 3.99. The lowest BCUT2D eigenvalue weighted by Gasteiger charge is -2.03. The summed E-state index contributed by atoms with van der Waals surface area (Å²) in [6.45, 7) is 0. The molecule has 0 unspecified atom stereocenters. The number of hydrogen-bond donors (Lipinski definition) is 0. The van der Waals surface area contributed by atoms with Crippen LogP contribution in [0.15, 0.2) is 42.7 Å². The summed E-state index contributed by atoms with van der Waals surface area (Å²) in [5.74, 6) is 0. The van der Waals surface area contributed by atoms with E-state index in [4.69, 9.17) is 23.2 Å². The van der Waals surface area contributed by atoms with E-state index >= 15 is 0 Å². The van der Waals surface area contributed by atoms with Crippen molar-refractivity contribution in [3.05, 3.63) is 52.8 Å². The highest BCUT2D eigenvalue weighted by Crippen LogP contribution is 2.28. The molecular formula is C11H7Cl2N. The van der Waals surface area contributed by atoms with Crippen LogP contribution in [0, 0.1) is 0 Å². The predicted octanol–water partition coefficient (Wildman–Crippen LogP) is 4.06. The summed E-state index contributed by atoms with van der Waals surface area (Å²) >= 11 is 11.9. The zero-order valence-electron chi connectivity index (χ0n) is 7.24. The summed E-state index contributed by atoms with van der Waals surface area (Å²) in [6, 6.07) is 9.30. The van der Waals surface area contributed by atoms with Crippen molar-refractivity contribution >= 4 is 23.2 Å². The maximum Gasteiger partial charge on any atom is 0.0515 e. The molecule has 3 heteroatoms. The van der Waals surface area contributed by atoms with Crippen molar-refractivity contribution in [2.24, 2.45) is 0 Å². The average Bonchev–Trinajstić information content (AvgIpc) is 2.18. The molecule has 0 fully saturated rings. The monoisotopic (exact) mass is 223 g/mol. The lowest BCUT2D eigenvalue weighted by Crippen LogP contribution is -1.80. The molecule has 0 aliphatic heterocycles. The second-order valence-corrected chi connectivity index (χ2v) is 3.71. The van der Waals surface area contributed by atoms with E-state index in [1.807, 2.05) is 24.3 Å². The molecule has 0 spiro atoms. The largest absolute Gasteiger partial charge is 0.264 e. The Kier molecular flexibility index (Phi) is 2.71. The normalized spacial score (nSPS) is 10.1. The Morgan fingerprint density at radius 2 is 1.93 bits per heavy atom. The van der Waals surface area contributed by atoms with Crippen molar-refractivity contribution in [2.45, 2.75) is 0 Å². The first kappa shape index (κ1) is 9.50. The van der Waals surface area contributed by atoms with Gasteiger partial charge < -0.3 is 0 Å². The van der Waals surface area contributed by atoms with Crippen molar-refractivity contribution in [2.75, 3.05) is 0 Å². The maximum absolute atomic E-state index is 6.03. The van der Waals surface area contributed by atoms with Crippen LogP contribution in [-0.2, 0) is 0 Å². The van der Waals surface area contributed by atoms with Gasteiger partial charge in [0.05, 0.1) is 5.02 Å². The van der Waals surface area contributed by atoms with Crippen LogP contribution in [0.25, 0.3) is 11.1 Å². The van der Waals surface area contributed by atoms with Crippen molar-refractivity contribution in [1.29, 1.82) is 0 Å². The van der Waals surface area contributed by atoms with Gasteiger partial charge in [-0.3, -0.25) is 4.98 Å². The van der Waals surface area contributed by atoms with E-state index < -0.39 is 0 Å². The Labute approximate surface area is 92.3 Å². The molecule has 1 heterocycles. The van der Waals surface area contributed by atoms with Gasteiger partial charge in [-0.2, -0.15) is 0 Å². The van der Waals surface area contributed by atoms with E-state index in [1.165, 1.54) is 0 Å². The van der Waals surface area contributed by atoms with Gasteiger partial charge in [-0.1, -0.05) is 35.3 Å². The Balaban J connectivity index is 2.55. The van der Waals surface area contributed by atoms with Crippen LogP contribution in [-0.4, -0.2) is 4.98 Å². The lowest BCUT2D eigenvalue weighted by atomic mass is 10.1. The minimum absolute atomic E-state index is 0.683. The number of aromatic nitrogens is 1. The molecule has 1 aromatic carbocycles. The van der Waals surface area contributed by atoms with Gasteiger partial charge in [0, 0.05) is 23.0 Å². The number of benzene rings is 1. The van der Waals surface area contributed by atoms with Gasteiger partial charge in [0.2, 0.25) is 0 Å². The van der Waals surface area contributed by atoms with Crippen molar-refractivity contribution in [3.8, 4) is 11.1 Å². The van der Waals surface area contributed by atoms with E-state index in [2.05, 4.69) is 4.98 Å². The molecule has 1 nitrogen and oxygen atoms in total. The summed E-state index contributed by atoms with van der Waals surface area (Å²) in [5.41, 5.74) is 1.88. The molecule has 14 heavy (non-hydrogen) atoms. The van der Waals surface area contributed by atoms with Gasteiger partial charge in [-0.05, 0) is 23.8 Å². The Bertz CT molecular complexity index is 455. The van der Waals surface area contributed by atoms with Gasteiger partial charge in [-0.15, -0.1) is 0 Å². The zero-order valence-corrected chi connectivity index (χ0v) is 8.76. The Morgan fingerprint density at radius 3 is 2.64 bits per heavy atom. The zero-order chi connectivity index (χ0) is 9.97. The van der Waals surface area contributed by atoms with Crippen LogP contribution < -0.4 is 0 Å². The van der Waals surface area contributed by atoms with Crippen LogP contribution in [0.5, 0.6) is 0 Å². The molecule has 0 saturated heterocycles. The molecule has 0 saturated carbocycles. The number of rotatable bonds is 1. The summed E-state index contributed by atoms with van der Waals surface area (Å²) in [5, 5.41) is 1.38. The third kappa shape index (κ3) is 1.89. The average molecular weight is 224 g/mol. The molecule has 2 aromatic rings. The van der Waals surface area contributed by atoms with Gasteiger partial charge in [0.25, 0.3) is 0 Å². The first-order valence-corrected chi connectivity index (χ1v) is 4.88. The standard InChI is InChI=1S/C11H7Cl2N/c12-9-3-1-2-8(6-9)10-7-14-5-4-11(10)13/h1-7H. The van der Waals surface area contributed by atoms with Crippen LogP contribution >= 0.6 is 23.2 Å². The highest BCUT2D eigenvalue weighted by Gasteiger charge is 2.02. The molecule has 0 N–H and O–H groups in total. The van der Waals surface area contributed by atoms with E-state index in [0.29, 0.717) is 10.0 Å². The van der Waals surface area contributed by atoms with Crippen molar-refractivity contribution < 1.29 is 0 Å². The van der Waals surface area contributed by atoms with Gasteiger partial charge in [0.15, 0.2) is 0 Å². The van der Waals surface area contributed by atoms with E-state index in [1.54, 1.807) is 18.5 Å². The molecule has 0 radical (unpaired) electrons. The smallest absolute Gasteiger partial charge is 0.0515 e. The molecule has 0 aliphatic rings. The predicted molar refractivity (Wildman–Crippen MR) is 59.7 cm³/mol. The molecule has 2 rings (SSSR count). The van der Waals surface area contributed by atoms with E-state index in [-0.39, 0.29) is 0 Å².